The average molecular weight is 311 g/mol. The van der Waals surface area contributed by atoms with Crippen LogP contribution in [0.5, 0.6) is 0 Å². The third-order valence-corrected chi connectivity index (χ3v) is 3.85. The molecule has 0 radical (unpaired) electrons. The van der Waals surface area contributed by atoms with Crippen LogP contribution >= 0.6 is 0 Å². The Bertz CT molecular complexity index is 740. The summed E-state index contributed by atoms with van der Waals surface area (Å²) in [6.45, 7) is 2.66. The molecule has 3 rings (SSSR count). The van der Waals surface area contributed by atoms with E-state index in [0.717, 1.165) is 35.6 Å². The summed E-state index contributed by atoms with van der Waals surface area (Å²) in [5.41, 5.74) is 6.27. The molecule has 0 spiro atoms. The SMILES string of the molecule is C/C(=N/Nc1ccc(F)cc1)c1cccc(N2CCCC2=O)c1. The largest absolute Gasteiger partial charge is 0.312 e. The normalized spacial score (nSPS) is 15.1. The zero-order valence-electron chi connectivity index (χ0n) is 12.9. The van der Waals surface area contributed by atoms with Crippen molar-refractivity contribution in [1.29, 1.82) is 0 Å². The van der Waals surface area contributed by atoms with Gasteiger partial charge in [-0.2, -0.15) is 5.10 Å². The van der Waals surface area contributed by atoms with E-state index in [2.05, 4.69) is 10.5 Å². The van der Waals surface area contributed by atoms with Gasteiger partial charge in [-0.25, -0.2) is 4.39 Å². The summed E-state index contributed by atoms with van der Waals surface area (Å²) < 4.78 is 12.9. The van der Waals surface area contributed by atoms with Gasteiger partial charge in [-0.15, -0.1) is 0 Å². The second-order valence-corrected chi connectivity index (χ2v) is 5.52. The monoisotopic (exact) mass is 311 g/mol. The van der Waals surface area contributed by atoms with Crippen molar-refractivity contribution in [2.75, 3.05) is 16.9 Å². The van der Waals surface area contributed by atoms with Gasteiger partial charge in [-0.1, -0.05) is 12.1 Å². The number of amides is 1. The molecule has 4 nitrogen and oxygen atoms in total. The van der Waals surface area contributed by atoms with E-state index in [4.69, 9.17) is 0 Å². The fourth-order valence-corrected chi connectivity index (χ4v) is 2.56. The minimum absolute atomic E-state index is 0.168. The third kappa shape index (κ3) is 3.56. The Morgan fingerprint density at radius 1 is 1.22 bits per heavy atom. The van der Waals surface area contributed by atoms with Crippen molar-refractivity contribution < 1.29 is 9.18 Å². The van der Waals surface area contributed by atoms with Crippen LogP contribution < -0.4 is 10.3 Å². The standard InChI is InChI=1S/C18H18FN3O/c1-13(20-21-16-9-7-15(19)8-10-16)14-4-2-5-17(12-14)22-11-3-6-18(22)23/h2,4-5,7-10,12,21H,3,6,11H2,1H3/b20-13-. The number of nitrogens with one attached hydrogen (secondary N) is 1. The molecule has 0 atom stereocenters. The molecule has 2 aromatic rings. The number of hydrogen-bond acceptors (Lipinski definition) is 3. The lowest BCUT2D eigenvalue weighted by atomic mass is 10.1. The maximum absolute atomic E-state index is 12.9. The predicted molar refractivity (Wildman–Crippen MR) is 90.3 cm³/mol. The van der Waals surface area contributed by atoms with Crippen LogP contribution in [-0.4, -0.2) is 18.2 Å². The van der Waals surface area contributed by atoms with Gasteiger partial charge in [0.15, 0.2) is 0 Å². The van der Waals surface area contributed by atoms with Crippen molar-refractivity contribution in [3.8, 4) is 0 Å². The van der Waals surface area contributed by atoms with E-state index in [1.54, 1.807) is 12.1 Å². The Balaban J connectivity index is 1.76. The fraction of sp³-hybridized carbons (Fsp3) is 0.222. The van der Waals surface area contributed by atoms with Gasteiger partial charge in [0.05, 0.1) is 11.4 Å². The number of anilines is 2. The number of rotatable bonds is 4. The summed E-state index contributed by atoms with van der Waals surface area (Å²) in [6, 6.07) is 13.8. The Hall–Kier alpha value is -2.69. The van der Waals surface area contributed by atoms with Gasteiger partial charge in [-0.3, -0.25) is 10.2 Å². The molecule has 0 unspecified atom stereocenters. The first-order chi connectivity index (χ1) is 11.1. The minimum atomic E-state index is -0.278. The Morgan fingerprint density at radius 2 is 2.00 bits per heavy atom. The number of benzene rings is 2. The zero-order valence-corrected chi connectivity index (χ0v) is 12.9. The molecule has 2 aromatic carbocycles. The fourth-order valence-electron chi connectivity index (χ4n) is 2.56. The summed E-state index contributed by atoms with van der Waals surface area (Å²) >= 11 is 0. The molecule has 23 heavy (non-hydrogen) atoms. The van der Waals surface area contributed by atoms with Gasteiger partial charge in [0.2, 0.25) is 5.91 Å². The Labute approximate surface area is 134 Å². The quantitative estimate of drug-likeness (QED) is 0.689. The van der Waals surface area contributed by atoms with Crippen LogP contribution in [0.2, 0.25) is 0 Å². The van der Waals surface area contributed by atoms with Crippen LogP contribution in [0.3, 0.4) is 0 Å². The van der Waals surface area contributed by atoms with Crippen molar-refractivity contribution in [3.63, 3.8) is 0 Å². The maximum Gasteiger partial charge on any atom is 0.227 e. The van der Waals surface area contributed by atoms with Crippen LogP contribution in [0.25, 0.3) is 0 Å². The zero-order chi connectivity index (χ0) is 16.2. The molecule has 0 saturated carbocycles. The van der Waals surface area contributed by atoms with E-state index >= 15 is 0 Å². The molecular formula is C18H18FN3O. The molecule has 0 aliphatic carbocycles. The minimum Gasteiger partial charge on any atom is -0.312 e. The predicted octanol–water partition coefficient (Wildman–Crippen LogP) is 3.79. The van der Waals surface area contributed by atoms with Crippen LogP contribution in [0.4, 0.5) is 15.8 Å². The third-order valence-electron chi connectivity index (χ3n) is 3.85. The molecule has 1 fully saturated rings. The van der Waals surface area contributed by atoms with Gasteiger partial charge in [0, 0.05) is 18.7 Å². The highest BCUT2D eigenvalue weighted by atomic mass is 19.1. The molecule has 1 saturated heterocycles. The van der Waals surface area contributed by atoms with Crippen molar-refractivity contribution in [2.24, 2.45) is 5.10 Å². The molecule has 1 amide bonds. The summed E-state index contributed by atoms with van der Waals surface area (Å²) in [5.74, 6) is -0.111. The van der Waals surface area contributed by atoms with Gasteiger partial charge < -0.3 is 4.90 Å². The van der Waals surface area contributed by atoms with Crippen molar-refractivity contribution in [3.05, 3.63) is 59.9 Å². The first-order valence-electron chi connectivity index (χ1n) is 7.60. The smallest absolute Gasteiger partial charge is 0.227 e. The topological polar surface area (TPSA) is 44.7 Å². The van der Waals surface area contributed by atoms with Crippen LogP contribution in [0.1, 0.15) is 25.3 Å². The lowest BCUT2D eigenvalue weighted by Gasteiger charge is -2.16. The molecule has 1 aliphatic heterocycles. The lowest BCUT2D eigenvalue weighted by molar-refractivity contribution is -0.117. The first kappa shape index (κ1) is 15.2. The van der Waals surface area contributed by atoms with E-state index < -0.39 is 0 Å². The van der Waals surface area contributed by atoms with E-state index in [9.17, 15) is 9.18 Å². The summed E-state index contributed by atoms with van der Waals surface area (Å²) in [5, 5.41) is 4.32. The summed E-state index contributed by atoms with van der Waals surface area (Å²) in [6.07, 6.45) is 1.52. The lowest BCUT2D eigenvalue weighted by Crippen LogP contribution is -2.23. The maximum atomic E-state index is 12.9. The van der Waals surface area contributed by atoms with Crippen molar-refractivity contribution >= 4 is 23.0 Å². The van der Waals surface area contributed by atoms with E-state index in [1.807, 2.05) is 36.1 Å². The number of nitrogens with zero attached hydrogens (tertiary/aromatic N) is 2. The molecular weight excluding hydrogens is 293 g/mol. The highest BCUT2D eigenvalue weighted by Crippen LogP contribution is 2.22. The molecule has 5 heteroatoms. The van der Waals surface area contributed by atoms with E-state index in [-0.39, 0.29) is 11.7 Å². The van der Waals surface area contributed by atoms with E-state index in [1.165, 1.54) is 12.1 Å². The van der Waals surface area contributed by atoms with Gasteiger partial charge >= 0.3 is 0 Å². The van der Waals surface area contributed by atoms with Crippen molar-refractivity contribution in [1.82, 2.24) is 0 Å². The summed E-state index contributed by atoms with van der Waals surface area (Å²) in [7, 11) is 0. The van der Waals surface area contributed by atoms with Crippen LogP contribution in [-0.2, 0) is 4.79 Å². The molecule has 1 aliphatic rings. The number of carbonyl (C=O) groups is 1. The summed E-state index contributed by atoms with van der Waals surface area (Å²) in [4.78, 5) is 13.7. The Kier molecular flexibility index (Phi) is 4.37. The number of carbonyl (C=O) groups excluding carboxylic acids is 1. The van der Waals surface area contributed by atoms with Gasteiger partial charge in [-0.05, 0) is 55.3 Å². The second-order valence-electron chi connectivity index (χ2n) is 5.52. The first-order valence-corrected chi connectivity index (χ1v) is 7.60. The van der Waals surface area contributed by atoms with Crippen LogP contribution in [0.15, 0.2) is 53.6 Å². The number of hydrogen-bond donors (Lipinski definition) is 1. The molecule has 1 N–H and O–H groups in total. The van der Waals surface area contributed by atoms with Crippen molar-refractivity contribution in [2.45, 2.75) is 19.8 Å². The highest BCUT2D eigenvalue weighted by Gasteiger charge is 2.21. The molecule has 1 heterocycles. The van der Waals surface area contributed by atoms with Crippen LogP contribution in [0, 0.1) is 5.82 Å². The highest BCUT2D eigenvalue weighted by molar-refractivity contribution is 6.01. The number of hydrazone groups is 1. The molecule has 0 bridgehead atoms. The van der Waals surface area contributed by atoms with Gasteiger partial charge in [0.1, 0.15) is 5.82 Å². The second kappa shape index (κ2) is 6.60. The van der Waals surface area contributed by atoms with Gasteiger partial charge in [0.25, 0.3) is 0 Å². The van der Waals surface area contributed by atoms with E-state index in [0.29, 0.717) is 6.42 Å². The number of halogens is 1. The molecule has 118 valence electrons. The average Bonchev–Trinajstić information content (AvgIpc) is 3.00. The Morgan fingerprint density at radius 3 is 2.70 bits per heavy atom. The molecule has 0 aromatic heterocycles.